The van der Waals surface area contributed by atoms with Crippen LogP contribution in [0.1, 0.15) is 91.9 Å². The number of carbonyl (C=O) groups is 2. The second-order valence-corrected chi connectivity index (χ2v) is 12.0. The number of hydrogen-bond acceptors (Lipinski definition) is 3. The van der Waals surface area contributed by atoms with Crippen LogP contribution in [0, 0.1) is 46.3 Å². The van der Waals surface area contributed by atoms with E-state index in [2.05, 4.69) is 19.9 Å². The van der Waals surface area contributed by atoms with Gasteiger partial charge in [0.1, 0.15) is 11.9 Å². The minimum atomic E-state index is -0.143. The fraction of sp³-hybridized carbons (Fsp3) is 0.852. The van der Waals surface area contributed by atoms with E-state index >= 15 is 0 Å². The van der Waals surface area contributed by atoms with Crippen LogP contribution in [-0.4, -0.2) is 17.9 Å². The highest BCUT2D eigenvalue weighted by molar-refractivity contribution is 5.79. The van der Waals surface area contributed by atoms with E-state index in [1.54, 1.807) is 5.57 Å². The van der Waals surface area contributed by atoms with E-state index in [0.717, 1.165) is 49.4 Å². The molecule has 0 bridgehead atoms. The van der Waals surface area contributed by atoms with E-state index in [0.29, 0.717) is 11.7 Å². The summed E-state index contributed by atoms with van der Waals surface area (Å²) in [5, 5.41) is 0. The standard InChI is InChI=1S/C27H40O3/c1-16(28)24-14-19(13-18-5-6-18)25-22-8-7-20-15-21(30-17(2)29)9-11-26(20,3)23(22)10-12-27(24,25)4/h7,18-19,21-25H,5-6,8-15H2,1-4H3/t19?,21-,22?,23?,24+,25?,26-,27+/m0/s1. The lowest BCUT2D eigenvalue weighted by atomic mass is 9.46. The fourth-order valence-corrected chi connectivity index (χ4v) is 8.91. The first-order valence-electron chi connectivity index (χ1n) is 12.6. The van der Waals surface area contributed by atoms with Crippen LogP contribution >= 0.6 is 0 Å². The molecule has 0 aromatic heterocycles. The molecule has 3 heteroatoms. The molecule has 0 spiro atoms. The highest BCUT2D eigenvalue weighted by Crippen LogP contribution is 2.68. The number of fused-ring (bicyclic) bond motifs is 5. The summed E-state index contributed by atoms with van der Waals surface area (Å²) in [7, 11) is 0. The van der Waals surface area contributed by atoms with Gasteiger partial charge in [-0.15, -0.1) is 0 Å². The largest absolute Gasteiger partial charge is 0.462 e. The molecule has 5 rings (SSSR count). The van der Waals surface area contributed by atoms with Crippen LogP contribution in [0.5, 0.6) is 0 Å². The molecule has 8 atom stereocenters. The zero-order valence-corrected chi connectivity index (χ0v) is 19.4. The number of ether oxygens (including phenoxy) is 1. The van der Waals surface area contributed by atoms with Gasteiger partial charge in [-0.3, -0.25) is 9.59 Å². The second kappa shape index (κ2) is 7.20. The Labute approximate surface area is 182 Å². The fourth-order valence-electron chi connectivity index (χ4n) is 8.91. The summed E-state index contributed by atoms with van der Waals surface area (Å²) in [6.07, 6.45) is 14.7. The maximum atomic E-state index is 12.7. The van der Waals surface area contributed by atoms with Gasteiger partial charge in [-0.1, -0.05) is 38.3 Å². The van der Waals surface area contributed by atoms with E-state index < -0.39 is 0 Å². The van der Waals surface area contributed by atoms with Crippen LogP contribution in [0.4, 0.5) is 0 Å². The Morgan fingerprint density at radius 2 is 1.87 bits per heavy atom. The first kappa shape index (κ1) is 20.8. The van der Waals surface area contributed by atoms with Crippen molar-refractivity contribution < 1.29 is 14.3 Å². The Balaban J connectivity index is 1.44. The van der Waals surface area contributed by atoms with Crippen LogP contribution in [0.15, 0.2) is 11.6 Å². The summed E-state index contributed by atoms with van der Waals surface area (Å²) < 4.78 is 5.60. The number of carbonyl (C=O) groups excluding carboxylic acids is 2. The molecule has 0 N–H and O–H groups in total. The average molecular weight is 413 g/mol. The third kappa shape index (κ3) is 3.21. The molecule has 4 saturated carbocycles. The van der Waals surface area contributed by atoms with Gasteiger partial charge in [0.25, 0.3) is 0 Å². The topological polar surface area (TPSA) is 43.4 Å². The van der Waals surface area contributed by atoms with E-state index in [4.69, 9.17) is 4.74 Å². The van der Waals surface area contributed by atoms with Crippen molar-refractivity contribution in [1.82, 2.24) is 0 Å². The van der Waals surface area contributed by atoms with E-state index in [9.17, 15) is 9.59 Å². The van der Waals surface area contributed by atoms with E-state index in [-0.39, 0.29) is 28.8 Å². The van der Waals surface area contributed by atoms with Crippen molar-refractivity contribution in [2.24, 2.45) is 46.3 Å². The predicted molar refractivity (Wildman–Crippen MR) is 118 cm³/mol. The van der Waals surface area contributed by atoms with Gasteiger partial charge in [0.15, 0.2) is 0 Å². The Hall–Kier alpha value is -1.12. The average Bonchev–Trinajstić information content (AvgIpc) is 3.43. The van der Waals surface area contributed by atoms with Crippen LogP contribution < -0.4 is 0 Å². The van der Waals surface area contributed by atoms with E-state index in [1.165, 1.54) is 45.4 Å². The predicted octanol–water partition coefficient (Wildman–Crippen LogP) is 6.11. The molecular weight excluding hydrogens is 372 g/mol. The summed E-state index contributed by atoms with van der Waals surface area (Å²) in [6, 6.07) is 0. The summed E-state index contributed by atoms with van der Waals surface area (Å²) in [6.45, 7) is 8.38. The molecule has 5 aliphatic carbocycles. The van der Waals surface area contributed by atoms with E-state index in [1.807, 2.05) is 6.92 Å². The molecule has 30 heavy (non-hydrogen) atoms. The van der Waals surface area contributed by atoms with Crippen molar-refractivity contribution in [3.8, 4) is 0 Å². The summed E-state index contributed by atoms with van der Waals surface area (Å²) in [4.78, 5) is 24.2. The first-order valence-corrected chi connectivity index (χ1v) is 12.6. The zero-order chi connectivity index (χ0) is 21.3. The lowest BCUT2D eigenvalue weighted by Crippen LogP contribution is -2.52. The van der Waals surface area contributed by atoms with Crippen molar-refractivity contribution >= 4 is 11.8 Å². The van der Waals surface area contributed by atoms with Gasteiger partial charge in [0.05, 0.1) is 0 Å². The molecule has 0 heterocycles. The molecule has 0 amide bonds. The SMILES string of the molecule is CC(=O)O[C@H]1CC[C@@]2(C)C(=CCC3C2CC[C@@]2(C)C3C(CC3CC3)C[C@@H]2C(C)=O)C1. The van der Waals surface area contributed by atoms with Crippen molar-refractivity contribution in [2.45, 2.75) is 98.0 Å². The molecule has 4 fully saturated rings. The maximum absolute atomic E-state index is 12.7. The van der Waals surface area contributed by atoms with Gasteiger partial charge in [-0.2, -0.15) is 0 Å². The third-order valence-electron chi connectivity index (χ3n) is 10.4. The molecule has 5 aliphatic rings. The Bertz CT molecular complexity index is 764. The maximum Gasteiger partial charge on any atom is 0.302 e. The summed E-state index contributed by atoms with van der Waals surface area (Å²) >= 11 is 0. The number of ketones is 1. The molecule has 0 aromatic carbocycles. The highest BCUT2D eigenvalue weighted by atomic mass is 16.5. The minimum absolute atomic E-state index is 0.0726. The van der Waals surface area contributed by atoms with Gasteiger partial charge >= 0.3 is 5.97 Å². The number of hydrogen-bond donors (Lipinski definition) is 0. The lowest BCUT2D eigenvalue weighted by molar-refractivity contribution is -0.149. The first-order chi connectivity index (χ1) is 14.2. The Morgan fingerprint density at radius 1 is 1.10 bits per heavy atom. The van der Waals surface area contributed by atoms with Gasteiger partial charge < -0.3 is 4.74 Å². The minimum Gasteiger partial charge on any atom is -0.462 e. The van der Waals surface area contributed by atoms with Crippen molar-refractivity contribution in [1.29, 1.82) is 0 Å². The zero-order valence-electron chi connectivity index (χ0n) is 19.4. The van der Waals surface area contributed by atoms with Crippen LogP contribution in [-0.2, 0) is 14.3 Å². The number of esters is 1. The molecule has 3 nitrogen and oxygen atoms in total. The molecule has 0 saturated heterocycles. The van der Waals surface area contributed by atoms with Crippen molar-refractivity contribution in [3.63, 3.8) is 0 Å². The summed E-state index contributed by atoms with van der Waals surface area (Å²) in [5.74, 6) is 4.46. The lowest BCUT2D eigenvalue weighted by Gasteiger charge is -2.58. The molecule has 0 aliphatic heterocycles. The Morgan fingerprint density at radius 3 is 2.53 bits per heavy atom. The van der Waals surface area contributed by atoms with Crippen molar-refractivity contribution in [2.75, 3.05) is 0 Å². The number of allylic oxidation sites excluding steroid dienone is 1. The normalized spacial score (nSPS) is 47.5. The highest BCUT2D eigenvalue weighted by Gasteiger charge is 2.62. The van der Waals surface area contributed by atoms with Crippen molar-refractivity contribution in [3.05, 3.63) is 11.6 Å². The van der Waals surface area contributed by atoms with Gasteiger partial charge in [-0.05, 0) is 92.3 Å². The smallest absolute Gasteiger partial charge is 0.302 e. The molecular formula is C27H40O3. The van der Waals surface area contributed by atoms with Gasteiger partial charge in [0, 0.05) is 19.3 Å². The Kier molecular flexibility index (Phi) is 4.99. The second-order valence-electron chi connectivity index (χ2n) is 12.0. The van der Waals surface area contributed by atoms with Crippen LogP contribution in [0.2, 0.25) is 0 Å². The molecule has 166 valence electrons. The number of rotatable bonds is 4. The molecule has 0 radical (unpaired) electrons. The van der Waals surface area contributed by atoms with Crippen LogP contribution in [0.3, 0.4) is 0 Å². The monoisotopic (exact) mass is 412 g/mol. The van der Waals surface area contributed by atoms with Gasteiger partial charge in [-0.25, -0.2) is 0 Å². The quantitative estimate of drug-likeness (QED) is 0.413. The molecule has 4 unspecified atom stereocenters. The summed E-state index contributed by atoms with van der Waals surface area (Å²) in [5.41, 5.74) is 2.03. The van der Waals surface area contributed by atoms with Gasteiger partial charge in [0.2, 0.25) is 0 Å². The molecule has 0 aromatic rings. The third-order valence-corrected chi connectivity index (χ3v) is 10.4. The number of Topliss-reactive ketones (excluding diaryl/α,β-unsaturated/α-hetero) is 1. The van der Waals surface area contributed by atoms with Crippen LogP contribution in [0.25, 0.3) is 0 Å².